The number of piperazine rings is 1. The van der Waals surface area contributed by atoms with Crippen LogP contribution in [-0.2, 0) is 16.0 Å². The first-order chi connectivity index (χ1) is 16.3. The number of benzene rings is 1. The third-order valence-corrected chi connectivity index (χ3v) is 7.39. The number of aryl methyl sites for hydroxylation is 1. The molecular weight excluding hydrogens is 444 g/mol. The zero-order valence-corrected chi connectivity index (χ0v) is 21.4. The maximum absolute atomic E-state index is 13.4. The van der Waals surface area contributed by atoms with Crippen LogP contribution >= 0.6 is 11.3 Å². The standard InChI is InChI=1S/C27H36N4O2S/c1-27(2,3)19-23(32)28-26-29-24-21(12-7-13-22(24)34-26)25(33)31-17-15-30(16-18-31)14-8-11-20-9-5-4-6-10-20/h4-6,8-11,21H,7,12-19H2,1-3H3,(H,28,29,32). The Hall–Kier alpha value is -2.51. The van der Waals surface area contributed by atoms with E-state index in [9.17, 15) is 9.59 Å². The van der Waals surface area contributed by atoms with Crippen molar-refractivity contribution in [3.05, 3.63) is 52.5 Å². The molecule has 0 spiro atoms. The Kier molecular flexibility index (Phi) is 7.84. The van der Waals surface area contributed by atoms with Crippen LogP contribution in [0.25, 0.3) is 6.08 Å². The van der Waals surface area contributed by atoms with Crippen LogP contribution in [0.4, 0.5) is 5.13 Å². The molecule has 0 saturated carbocycles. The number of nitrogens with zero attached hydrogens (tertiary/aromatic N) is 3. The summed E-state index contributed by atoms with van der Waals surface area (Å²) in [4.78, 5) is 36.0. The summed E-state index contributed by atoms with van der Waals surface area (Å²) in [6.45, 7) is 10.3. The first-order valence-electron chi connectivity index (χ1n) is 12.3. The number of nitrogens with one attached hydrogen (secondary N) is 1. The SMILES string of the molecule is CC(C)(C)CC(=O)Nc1nc2c(s1)CCCC2C(=O)N1CCN(CC=Cc2ccccc2)CC1. The second-order valence-corrected chi connectivity index (χ2v) is 11.6. The van der Waals surface area contributed by atoms with Gasteiger partial charge in [-0.1, -0.05) is 63.3 Å². The van der Waals surface area contributed by atoms with Gasteiger partial charge in [0.05, 0.1) is 11.6 Å². The molecule has 1 atom stereocenters. The van der Waals surface area contributed by atoms with Crippen LogP contribution in [0.5, 0.6) is 0 Å². The van der Waals surface area contributed by atoms with Crippen molar-refractivity contribution < 1.29 is 9.59 Å². The van der Waals surface area contributed by atoms with Gasteiger partial charge in [0.1, 0.15) is 0 Å². The quantitative estimate of drug-likeness (QED) is 0.645. The van der Waals surface area contributed by atoms with E-state index in [2.05, 4.69) is 34.5 Å². The summed E-state index contributed by atoms with van der Waals surface area (Å²) in [6, 6.07) is 10.3. The van der Waals surface area contributed by atoms with Gasteiger partial charge in [0.2, 0.25) is 11.8 Å². The Morgan fingerprint density at radius 3 is 2.59 bits per heavy atom. The lowest BCUT2D eigenvalue weighted by Gasteiger charge is -2.36. The van der Waals surface area contributed by atoms with E-state index in [1.165, 1.54) is 16.9 Å². The van der Waals surface area contributed by atoms with Crippen LogP contribution in [0.1, 0.15) is 62.1 Å². The van der Waals surface area contributed by atoms with Crippen molar-refractivity contribution in [2.45, 2.75) is 52.4 Å². The lowest BCUT2D eigenvalue weighted by Crippen LogP contribution is -2.50. The van der Waals surface area contributed by atoms with E-state index in [1.807, 2.05) is 43.9 Å². The van der Waals surface area contributed by atoms with Crippen molar-refractivity contribution in [2.75, 3.05) is 38.0 Å². The molecule has 1 fully saturated rings. The summed E-state index contributed by atoms with van der Waals surface area (Å²) in [7, 11) is 0. The topological polar surface area (TPSA) is 65.5 Å². The molecule has 1 unspecified atom stereocenters. The highest BCUT2D eigenvalue weighted by Crippen LogP contribution is 2.38. The number of fused-ring (bicyclic) bond motifs is 1. The average molecular weight is 481 g/mol. The summed E-state index contributed by atoms with van der Waals surface area (Å²) >= 11 is 1.54. The lowest BCUT2D eigenvalue weighted by atomic mass is 9.89. The van der Waals surface area contributed by atoms with Gasteiger partial charge in [-0.05, 0) is 30.2 Å². The van der Waals surface area contributed by atoms with Gasteiger partial charge in [-0.3, -0.25) is 14.5 Å². The first-order valence-corrected chi connectivity index (χ1v) is 13.1. The fourth-order valence-corrected chi connectivity index (χ4v) is 5.71. The zero-order chi connectivity index (χ0) is 24.1. The maximum atomic E-state index is 13.4. The number of rotatable bonds is 6. The van der Waals surface area contributed by atoms with Gasteiger partial charge < -0.3 is 10.2 Å². The highest BCUT2D eigenvalue weighted by atomic mass is 32.1. The molecule has 1 aliphatic heterocycles. The molecule has 34 heavy (non-hydrogen) atoms. The summed E-state index contributed by atoms with van der Waals surface area (Å²) in [5.41, 5.74) is 2.03. The van der Waals surface area contributed by atoms with Crippen molar-refractivity contribution >= 4 is 34.4 Å². The van der Waals surface area contributed by atoms with E-state index in [4.69, 9.17) is 4.98 Å². The highest BCUT2D eigenvalue weighted by molar-refractivity contribution is 7.15. The highest BCUT2D eigenvalue weighted by Gasteiger charge is 2.34. The third kappa shape index (κ3) is 6.54. The van der Waals surface area contributed by atoms with Gasteiger partial charge in [0, 0.05) is 44.0 Å². The molecule has 2 aliphatic rings. The number of thiazole rings is 1. The fraction of sp³-hybridized carbons (Fsp3) is 0.519. The monoisotopic (exact) mass is 480 g/mol. The van der Waals surface area contributed by atoms with E-state index in [0.29, 0.717) is 11.6 Å². The molecule has 7 heteroatoms. The smallest absolute Gasteiger partial charge is 0.231 e. The van der Waals surface area contributed by atoms with Gasteiger partial charge in [-0.25, -0.2) is 4.98 Å². The van der Waals surface area contributed by atoms with Crippen molar-refractivity contribution in [3.63, 3.8) is 0 Å². The van der Waals surface area contributed by atoms with E-state index in [-0.39, 0.29) is 23.1 Å². The van der Waals surface area contributed by atoms with Crippen LogP contribution in [0, 0.1) is 5.41 Å². The molecule has 0 bridgehead atoms. The summed E-state index contributed by atoms with van der Waals surface area (Å²) in [5.74, 6) is -0.00463. The van der Waals surface area contributed by atoms with E-state index < -0.39 is 0 Å². The third-order valence-electron chi connectivity index (χ3n) is 6.35. The number of aromatic nitrogens is 1. The van der Waals surface area contributed by atoms with E-state index >= 15 is 0 Å². The molecule has 2 amide bonds. The average Bonchev–Trinajstić information content (AvgIpc) is 3.21. The summed E-state index contributed by atoms with van der Waals surface area (Å²) < 4.78 is 0. The van der Waals surface area contributed by atoms with Gasteiger partial charge in [0.15, 0.2) is 5.13 Å². The Morgan fingerprint density at radius 2 is 1.88 bits per heavy atom. The van der Waals surface area contributed by atoms with E-state index in [1.54, 1.807) is 0 Å². The predicted molar refractivity (Wildman–Crippen MR) is 139 cm³/mol. The minimum Gasteiger partial charge on any atom is -0.340 e. The maximum Gasteiger partial charge on any atom is 0.231 e. The van der Waals surface area contributed by atoms with E-state index in [0.717, 1.165) is 62.6 Å². The van der Waals surface area contributed by atoms with Crippen LogP contribution in [0.3, 0.4) is 0 Å². The van der Waals surface area contributed by atoms with Crippen molar-refractivity contribution in [3.8, 4) is 0 Å². The summed E-state index contributed by atoms with van der Waals surface area (Å²) in [6.07, 6.45) is 7.57. The van der Waals surface area contributed by atoms with Gasteiger partial charge in [-0.15, -0.1) is 11.3 Å². The molecule has 2 heterocycles. The molecule has 1 aromatic heterocycles. The molecule has 1 N–H and O–H groups in total. The number of carbonyl (C=O) groups excluding carboxylic acids is 2. The minimum absolute atomic E-state index is 0.0149. The Labute approximate surface area is 207 Å². The second kappa shape index (κ2) is 10.8. The predicted octanol–water partition coefficient (Wildman–Crippen LogP) is 4.80. The molecule has 4 rings (SSSR count). The van der Waals surface area contributed by atoms with Crippen LogP contribution < -0.4 is 5.32 Å². The Bertz CT molecular complexity index is 1020. The molecule has 1 saturated heterocycles. The van der Waals surface area contributed by atoms with Crippen molar-refractivity contribution in [1.29, 1.82) is 0 Å². The normalized spacial score (nSPS) is 19.3. The fourth-order valence-electron chi connectivity index (χ4n) is 4.63. The van der Waals surface area contributed by atoms with Crippen LogP contribution in [0.2, 0.25) is 0 Å². The van der Waals surface area contributed by atoms with Gasteiger partial charge in [0.25, 0.3) is 0 Å². The molecule has 1 aromatic carbocycles. The van der Waals surface area contributed by atoms with Crippen LogP contribution in [-0.4, -0.2) is 59.3 Å². The molecule has 1 aliphatic carbocycles. The zero-order valence-electron chi connectivity index (χ0n) is 20.5. The Balaban J connectivity index is 1.31. The van der Waals surface area contributed by atoms with Gasteiger partial charge in [-0.2, -0.15) is 0 Å². The number of amides is 2. The van der Waals surface area contributed by atoms with Crippen LogP contribution in [0.15, 0.2) is 36.4 Å². The number of hydrogen-bond acceptors (Lipinski definition) is 5. The number of carbonyl (C=O) groups is 2. The largest absolute Gasteiger partial charge is 0.340 e. The molecular formula is C27H36N4O2S. The molecule has 182 valence electrons. The first kappa shape index (κ1) is 24.6. The lowest BCUT2D eigenvalue weighted by molar-refractivity contribution is -0.135. The summed E-state index contributed by atoms with van der Waals surface area (Å²) in [5, 5.41) is 3.60. The molecule has 6 nitrogen and oxygen atoms in total. The molecule has 0 radical (unpaired) electrons. The van der Waals surface area contributed by atoms with Crippen molar-refractivity contribution in [1.82, 2.24) is 14.8 Å². The second-order valence-electron chi connectivity index (χ2n) is 10.5. The number of hydrogen-bond donors (Lipinski definition) is 1. The molecule has 2 aromatic rings. The van der Waals surface area contributed by atoms with Crippen molar-refractivity contribution in [2.24, 2.45) is 5.41 Å². The number of anilines is 1. The minimum atomic E-state index is -0.183. The Morgan fingerprint density at radius 1 is 1.15 bits per heavy atom. The van der Waals surface area contributed by atoms with Gasteiger partial charge >= 0.3 is 0 Å².